The van der Waals surface area contributed by atoms with Crippen molar-refractivity contribution in [2.45, 2.75) is 75.8 Å². The molecule has 1 aliphatic rings. The van der Waals surface area contributed by atoms with Gasteiger partial charge in [-0.05, 0) is 54.4 Å². The summed E-state index contributed by atoms with van der Waals surface area (Å²) in [5.74, 6) is -0.635. The van der Waals surface area contributed by atoms with Gasteiger partial charge in [-0.2, -0.15) is 4.31 Å². The fourth-order valence-corrected chi connectivity index (χ4v) is 7.93. The summed E-state index contributed by atoms with van der Waals surface area (Å²) >= 11 is 1.44. The molecule has 272 valence electrons. The molecule has 1 unspecified atom stereocenters. The van der Waals surface area contributed by atoms with Crippen LogP contribution in [0, 0.1) is 11.8 Å². The Morgan fingerprint density at radius 2 is 1.82 bits per heavy atom. The molecule has 15 heteroatoms. The summed E-state index contributed by atoms with van der Waals surface area (Å²) < 4.78 is 34.3. The zero-order valence-electron chi connectivity index (χ0n) is 28.9. The number of carbonyl (C=O) groups is 2. The number of benzene rings is 2. The van der Waals surface area contributed by atoms with E-state index in [-0.39, 0.29) is 42.8 Å². The number of oxime groups is 1. The minimum atomic E-state index is -4.04. The third-order valence-corrected chi connectivity index (χ3v) is 11.5. The molecule has 2 aromatic carbocycles. The number of methoxy groups -OCH3 is 1. The van der Waals surface area contributed by atoms with E-state index >= 15 is 0 Å². The van der Waals surface area contributed by atoms with Gasteiger partial charge >= 0.3 is 6.03 Å². The molecular weight excluding hydrogens is 681 g/mol. The van der Waals surface area contributed by atoms with Crippen LogP contribution in [0.1, 0.15) is 54.9 Å². The monoisotopic (exact) mass is 728 g/mol. The van der Waals surface area contributed by atoms with Gasteiger partial charge in [0.1, 0.15) is 11.0 Å². The maximum atomic E-state index is 13.9. The normalized spacial score (nSPS) is 15.5. The molecule has 1 fully saturated rings. The third-order valence-electron chi connectivity index (χ3n) is 8.73. The first-order valence-electron chi connectivity index (χ1n) is 16.6. The number of thiazole rings is 1. The number of aliphatic hydroxyl groups excluding tert-OH is 1. The molecule has 0 radical (unpaired) electrons. The van der Waals surface area contributed by atoms with E-state index in [1.807, 2.05) is 49.6 Å². The minimum Gasteiger partial charge on any atom is -0.411 e. The van der Waals surface area contributed by atoms with Crippen LogP contribution in [0.2, 0.25) is 0 Å². The molecule has 1 heterocycles. The lowest BCUT2D eigenvalue weighted by Gasteiger charge is -2.35. The molecular formula is C35H48N6O7S2. The summed E-state index contributed by atoms with van der Waals surface area (Å²) in [5, 5.41) is 32.0. The maximum absolute atomic E-state index is 13.9. The predicted octanol–water partition coefficient (Wildman–Crippen LogP) is 3.84. The summed E-state index contributed by atoms with van der Waals surface area (Å²) in [7, 11) is -0.830. The van der Waals surface area contributed by atoms with Crippen molar-refractivity contribution in [3.8, 4) is 0 Å². The van der Waals surface area contributed by atoms with Gasteiger partial charge in [-0.3, -0.25) is 4.79 Å². The number of nitrogens with one attached hydrogen (secondary N) is 2. The molecule has 1 aliphatic carbocycles. The van der Waals surface area contributed by atoms with Crippen molar-refractivity contribution in [1.82, 2.24) is 24.8 Å². The van der Waals surface area contributed by atoms with Crippen LogP contribution in [-0.4, -0.2) is 96.5 Å². The molecule has 4 N–H and O–H groups in total. The molecule has 4 rings (SSSR count). The van der Waals surface area contributed by atoms with E-state index in [2.05, 4.69) is 20.8 Å². The van der Waals surface area contributed by atoms with Crippen molar-refractivity contribution in [2.24, 2.45) is 17.0 Å². The smallest absolute Gasteiger partial charge is 0.318 e. The lowest BCUT2D eigenvalue weighted by Crippen LogP contribution is -2.58. The molecule has 0 spiro atoms. The summed E-state index contributed by atoms with van der Waals surface area (Å²) in [6.07, 6.45) is 2.93. The number of aromatic nitrogens is 1. The second-order valence-corrected chi connectivity index (χ2v) is 15.9. The molecule has 0 saturated heterocycles. The van der Waals surface area contributed by atoms with Crippen LogP contribution < -0.4 is 10.6 Å². The molecule has 3 aromatic rings. The molecule has 13 nitrogen and oxygen atoms in total. The van der Waals surface area contributed by atoms with Crippen LogP contribution in [0.3, 0.4) is 0 Å². The topological polar surface area (TPSA) is 174 Å². The number of urea groups is 1. The van der Waals surface area contributed by atoms with Gasteiger partial charge in [0.2, 0.25) is 15.9 Å². The van der Waals surface area contributed by atoms with Crippen LogP contribution in [0.25, 0.3) is 0 Å². The molecule has 3 amide bonds. The lowest BCUT2D eigenvalue weighted by atomic mass is 9.85. The van der Waals surface area contributed by atoms with Gasteiger partial charge in [-0.15, -0.1) is 11.3 Å². The minimum absolute atomic E-state index is 0.0436. The van der Waals surface area contributed by atoms with Gasteiger partial charge in [-0.25, -0.2) is 18.2 Å². The highest BCUT2D eigenvalue weighted by Gasteiger charge is 2.35. The fraction of sp³-hybridized carbons (Fsp3) is 0.486. The number of aliphatic hydroxyl groups is 1. The van der Waals surface area contributed by atoms with Gasteiger partial charge < -0.3 is 30.6 Å². The molecule has 1 saturated carbocycles. The Morgan fingerprint density at radius 3 is 2.42 bits per heavy atom. The van der Waals surface area contributed by atoms with Gasteiger partial charge in [0.25, 0.3) is 0 Å². The van der Waals surface area contributed by atoms with Crippen molar-refractivity contribution >= 4 is 39.5 Å². The van der Waals surface area contributed by atoms with Gasteiger partial charge in [0, 0.05) is 32.6 Å². The van der Waals surface area contributed by atoms with E-state index in [4.69, 9.17) is 9.94 Å². The second kappa shape index (κ2) is 18.4. The fourth-order valence-electron chi connectivity index (χ4n) is 5.64. The van der Waals surface area contributed by atoms with Gasteiger partial charge in [0.15, 0.2) is 0 Å². The highest BCUT2D eigenvalue weighted by Crippen LogP contribution is 2.30. The van der Waals surface area contributed by atoms with Crippen LogP contribution >= 0.6 is 11.3 Å². The predicted molar refractivity (Wildman–Crippen MR) is 191 cm³/mol. The number of amides is 3. The summed E-state index contributed by atoms with van der Waals surface area (Å²) in [4.78, 5) is 33.1. The quantitative estimate of drug-likeness (QED) is 0.0869. The number of sulfonamides is 1. The first-order valence-corrected chi connectivity index (χ1v) is 19.0. The summed E-state index contributed by atoms with van der Waals surface area (Å²) in [5.41, 5.74) is 2.07. The lowest BCUT2D eigenvalue weighted by molar-refractivity contribution is -0.125. The van der Waals surface area contributed by atoms with E-state index in [0.29, 0.717) is 17.9 Å². The Hall–Kier alpha value is -3.89. The van der Waals surface area contributed by atoms with E-state index in [0.717, 1.165) is 29.8 Å². The molecule has 50 heavy (non-hydrogen) atoms. The molecule has 1 aromatic heterocycles. The standard InChI is InChI=1S/C35H48N6O7S2/c1-24(2)33(39-35(44)40(3)20-28-23-49-32(37-28)22-48-4)34(43)38-30(17-25-9-6-5-7-10-25)31(42)21-41(19-27-11-8-12-27)50(46,47)29-15-13-26(14-16-29)18-36-45/h5-7,9-10,13-16,18,23-24,27,30-31,33,42,45H,8,11-12,17,19-22H2,1-4H3,(H,38,43)(H,39,44)/b36-18+/t30-,31?,33+/m0/s1. The number of rotatable bonds is 18. The average molecular weight is 729 g/mol. The highest BCUT2D eigenvalue weighted by atomic mass is 32.2. The van der Waals surface area contributed by atoms with E-state index < -0.39 is 40.1 Å². The van der Waals surface area contributed by atoms with Crippen molar-refractivity contribution in [3.63, 3.8) is 0 Å². The Labute approximate surface area is 298 Å². The van der Waals surface area contributed by atoms with Crippen molar-refractivity contribution < 1.29 is 33.1 Å². The highest BCUT2D eigenvalue weighted by molar-refractivity contribution is 7.89. The number of carbonyl (C=O) groups excluding carboxylic acids is 2. The van der Waals surface area contributed by atoms with Crippen molar-refractivity contribution in [2.75, 3.05) is 27.2 Å². The number of hydrogen-bond donors (Lipinski definition) is 4. The van der Waals surface area contributed by atoms with Crippen LogP contribution in [0.4, 0.5) is 4.79 Å². The Kier molecular flexibility index (Phi) is 14.3. The van der Waals surface area contributed by atoms with Crippen LogP contribution in [0.15, 0.2) is 70.0 Å². The zero-order valence-corrected chi connectivity index (χ0v) is 30.6. The largest absolute Gasteiger partial charge is 0.411 e. The van der Waals surface area contributed by atoms with Gasteiger partial charge in [-0.1, -0.05) is 67.9 Å². The first kappa shape index (κ1) is 38.9. The SMILES string of the molecule is COCc1nc(CN(C)C(=O)N[C@@H](C(=O)N[C@@H](Cc2ccccc2)C(O)CN(CC2CCC2)S(=O)(=O)c2ccc(/C=N/O)cc2)C(C)C)cs1. The van der Waals surface area contributed by atoms with Gasteiger partial charge in [0.05, 0.1) is 42.1 Å². The molecule has 3 atom stereocenters. The summed E-state index contributed by atoms with van der Waals surface area (Å²) in [6.45, 7) is 4.22. The summed E-state index contributed by atoms with van der Waals surface area (Å²) in [6, 6.07) is 13.0. The average Bonchev–Trinajstić information content (AvgIpc) is 3.51. The van der Waals surface area contributed by atoms with E-state index in [1.54, 1.807) is 14.2 Å². The van der Waals surface area contributed by atoms with E-state index in [9.17, 15) is 23.1 Å². The number of nitrogens with zero attached hydrogens (tertiary/aromatic N) is 4. The number of ether oxygens (including phenoxy) is 1. The molecule has 0 aliphatic heterocycles. The second-order valence-electron chi connectivity index (χ2n) is 13.0. The van der Waals surface area contributed by atoms with Crippen molar-refractivity contribution in [1.29, 1.82) is 0 Å². The van der Waals surface area contributed by atoms with E-state index in [1.165, 1.54) is 51.0 Å². The van der Waals surface area contributed by atoms with Crippen LogP contribution in [-0.2, 0) is 39.1 Å². The maximum Gasteiger partial charge on any atom is 0.318 e. The molecule has 0 bridgehead atoms. The van der Waals surface area contributed by atoms with Crippen molar-refractivity contribution in [3.05, 3.63) is 81.8 Å². The first-order chi connectivity index (χ1) is 23.9. The Morgan fingerprint density at radius 1 is 1.12 bits per heavy atom. The van der Waals surface area contributed by atoms with Crippen LogP contribution in [0.5, 0.6) is 0 Å². The Balaban J connectivity index is 1.52. The third kappa shape index (κ3) is 10.8. The Bertz CT molecular complexity index is 1660. The number of hydrogen-bond acceptors (Lipinski definition) is 10. The zero-order chi connectivity index (χ0) is 36.3.